The highest BCUT2D eigenvalue weighted by atomic mass is 19.1. The van der Waals surface area contributed by atoms with E-state index >= 15 is 0 Å². The number of rotatable bonds is 4. The SMILES string of the molecule is CCCc1cc(NN)c2cc(F)cc(OC)c2n1. The first-order valence-electron chi connectivity index (χ1n) is 5.83. The van der Waals surface area contributed by atoms with Gasteiger partial charge in [0.05, 0.1) is 12.8 Å². The van der Waals surface area contributed by atoms with E-state index in [4.69, 9.17) is 10.6 Å². The summed E-state index contributed by atoms with van der Waals surface area (Å²) in [6.45, 7) is 2.07. The third-order valence-corrected chi connectivity index (χ3v) is 2.78. The number of aromatic nitrogens is 1. The number of hydrogen-bond donors (Lipinski definition) is 2. The van der Waals surface area contributed by atoms with Crippen molar-refractivity contribution >= 4 is 16.6 Å². The monoisotopic (exact) mass is 249 g/mol. The van der Waals surface area contributed by atoms with Crippen LogP contribution in [0.15, 0.2) is 18.2 Å². The van der Waals surface area contributed by atoms with Gasteiger partial charge in [-0.25, -0.2) is 9.37 Å². The van der Waals surface area contributed by atoms with Crippen LogP contribution in [0, 0.1) is 5.82 Å². The van der Waals surface area contributed by atoms with Gasteiger partial charge in [0.25, 0.3) is 0 Å². The van der Waals surface area contributed by atoms with Gasteiger partial charge in [0, 0.05) is 17.1 Å². The Hall–Kier alpha value is -1.88. The van der Waals surface area contributed by atoms with E-state index in [2.05, 4.69) is 17.3 Å². The lowest BCUT2D eigenvalue weighted by atomic mass is 10.1. The van der Waals surface area contributed by atoms with Crippen LogP contribution in [0.2, 0.25) is 0 Å². The van der Waals surface area contributed by atoms with Crippen molar-refractivity contribution in [1.29, 1.82) is 0 Å². The van der Waals surface area contributed by atoms with Crippen LogP contribution in [-0.2, 0) is 6.42 Å². The molecule has 0 unspecified atom stereocenters. The van der Waals surface area contributed by atoms with Gasteiger partial charge in [-0.2, -0.15) is 0 Å². The van der Waals surface area contributed by atoms with Crippen molar-refractivity contribution < 1.29 is 9.13 Å². The number of halogens is 1. The molecule has 0 fully saturated rings. The lowest BCUT2D eigenvalue weighted by Crippen LogP contribution is -2.09. The van der Waals surface area contributed by atoms with Crippen LogP contribution in [0.25, 0.3) is 10.9 Å². The Morgan fingerprint density at radius 2 is 2.17 bits per heavy atom. The summed E-state index contributed by atoms with van der Waals surface area (Å²) in [7, 11) is 1.50. The van der Waals surface area contributed by atoms with Crippen LogP contribution in [-0.4, -0.2) is 12.1 Å². The molecule has 0 radical (unpaired) electrons. The minimum atomic E-state index is -0.374. The summed E-state index contributed by atoms with van der Waals surface area (Å²) in [6, 6.07) is 4.56. The topological polar surface area (TPSA) is 60.2 Å². The van der Waals surface area contributed by atoms with Gasteiger partial charge in [0.2, 0.25) is 0 Å². The van der Waals surface area contributed by atoms with Crippen molar-refractivity contribution in [2.24, 2.45) is 5.84 Å². The standard InChI is InChI=1S/C13H16FN3O/c1-3-4-9-7-11(17-15)10-5-8(14)6-12(18-2)13(10)16-9/h5-7H,3-4,15H2,1-2H3,(H,16,17). The number of nitrogens with zero attached hydrogens (tertiary/aromatic N) is 1. The molecule has 1 aromatic heterocycles. The summed E-state index contributed by atoms with van der Waals surface area (Å²) in [5.41, 5.74) is 4.77. The summed E-state index contributed by atoms with van der Waals surface area (Å²) in [5.74, 6) is 5.52. The maximum Gasteiger partial charge on any atom is 0.148 e. The number of benzene rings is 1. The minimum absolute atomic E-state index is 0.374. The molecule has 0 amide bonds. The van der Waals surface area contributed by atoms with Gasteiger partial charge >= 0.3 is 0 Å². The van der Waals surface area contributed by atoms with E-state index < -0.39 is 0 Å². The maximum atomic E-state index is 13.5. The van der Waals surface area contributed by atoms with Gasteiger partial charge in [-0.3, -0.25) is 5.84 Å². The van der Waals surface area contributed by atoms with Gasteiger partial charge in [-0.05, 0) is 18.6 Å². The van der Waals surface area contributed by atoms with E-state index in [1.807, 2.05) is 6.07 Å². The van der Waals surface area contributed by atoms with Gasteiger partial charge in [-0.1, -0.05) is 13.3 Å². The molecule has 0 aliphatic rings. The molecule has 0 spiro atoms. The molecule has 2 aromatic rings. The van der Waals surface area contributed by atoms with E-state index in [1.165, 1.54) is 19.2 Å². The maximum absolute atomic E-state index is 13.5. The van der Waals surface area contributed by atoms with Crippen LogP contribution < -0.4 is 16.0 Å². The molecule has 5 heteroatoms. The summed E-state index contributed by atoms with van der Waals surface area (Å²) >= 11 is 0. The fourth-order valence-corrected chi connectivity index (χ4v) is 1.97. The second kappa shape index (κ2) is 5.18. The van der Waals surface area contributed by atoms with E-state index in [0.717, 1.165) is 18.5 Å². The largest absolute Gasteiger partial charge is 0.494 e. The van der Waals surface area contributed by atoms with Crippen LogP contribution in [0.3, 0.4) is 0 Å². The van der Waals surface area contributed by atoms with Crippen molar-refractivity contribution in [3.8, 4) is 5.75 Å². The van der Waals surface area contributed by atoms with Crippen molar-refractivity contribution in [3.05, 3.63) is 29.7 Å². The van der Waals surface area contributed by atoms with Gasteiger partial charge in [0.15, 0.2) is 0 Å². The molecule has 3 N–H and O–H groups in total. The van der Waals surface area contributed by atoms with E-state index in [0.29, 0.717) is 22.3 Å². The van der Waals surface area contributed by atoms with Crippen LogP contribution in [0.1, 0.15) is 19.0 Å². The molecule has 0 saturated heterocycles. The Morgan fingerprint density at radius 3 is 2.78 bits per heavy atom. The van der Waals surface area contributed by atoms with Gasteiger partial charge in [0.1, 0.15) is 17.1 Å². The second-order valence-corrected chi connectivity index (χ2v) is 4.06. The van der Waals surface area contributed by atoms with Crippen LogP contribution >= 0.6 is 0 Å². The molecule has 0 atom stereocenters. The number of nitrogens with one attached hydrogen (secondary N) is 1. The van der Waals surface area contributed by atoms with Crippen LogP contribution in [0.5, 0.6) is 5.75 Å². The molecule has 4 nitrogen and oxygen atoms in total. The molecule has 18 heavy (non-hydrogen) atoms. The highest BCUT2D eigenvalue weighted by Gasteiger charge is 2.11. The number of aryl methyl sites for hydroxylation is 1. The fraction of sp³-hybridized carbons (Fsp3) is 0.308. The molecule has 96 valence electrons. The van der Waals surface area contributed by atoms with E-state index in [1.54, 1.807) is 0 Å². The zero-order chi connectivity index (χ0) is 13.1. The predicted molar refractivity (Wildman–Crippen MR) is 70.1 cm³/mol. The molecule has 0 saturated carbocycles. The zero-order valence-electron chi connectivity index (χ0n) is 10.5. The molecule has 1 aromatic carbocycles. The predicted octanol–water partition coefficient (Wildman–Crippen LogP) is 2.62. The highest BCUT2D eigenvalue weighted by Crippen LogP contribution is 2.31. The Balaban J connectivity index is 2.74. The first-order chi connectivity index (χ1) is 8.69. The zero-order valence-corrected chi connectivity index (χ0v) is 10.5. The summed E-state index contributed by atoms with van der Waals surface area (Å²) < 4.78 is 18.6. The molecular weight excluding hydrogens is 233 g/mol. The fourth-order valence-electron chi connectivity index (χ4n) is 1.97. The normalized spacial score (nSPS) is 10.7. The van der Waals surface area contributed by atoms with Crippen molar-refractivity contribution in [3.63, 3.8) is 0 Å². The number of fused-ring (bicyclic) bond motifs is 1. The minimum Gasteiger partial charge on any atom is -0.494 e. The third kappa shape index (κ3) is 2.22. The Labute approximate surface area is 105 Å². The smallest absolute Gasteiger partial charge is 0.148 e. The number of pyridine rings is 1. The number of methoxy groups -OCH3 is 1. The number of anilines is 1. The summed E-state index contributed by atoms with van der Waals surface area (Å²) in [4.78, 5) is 4.50. The number of ether oxygens (including phenoxy) is 1. The number of nitrogens with two attached hydrogens (primary N) is 1. The highest BCUT2D eigenvalue weighted by molar-refractivity contribution is 5.95. The molecule has 2 rings (SSSR count). The summed E-state index contributed by atoms with van der Waals surface area (Å²) in [5, 5.41) is 0.620. The number of hydrogen-bond acceptors (Lipinski definition) is 4. The van der Waals surface area contributed by atoms with E-state index in [9.17, 15) is 4.39 Å². The average Bonchev–Trinajstić information content (AvgIpc) is 2.37. The molecule has 0 bridgehead atoms. The van der Waals surface area contributed by atoms with E-state index in [-0.39, 0.29) is 5.82 Å². The van der Waals surface area contributed by atoms with Crippen molar-refractivity contribution in [2.45, 2.75) is 19.8 Å². The third-order valence-electron chi connectivity index (χ3n) is 2.78. The molecule has 1 heterocycles. The average molecular weight is 249 g/mol. The second-order valence-electron chi connectivity index (χ2n) is 4.06. The molecule has 0 aliphatic carbocycles. The first kappa shape index (κ1) is 12.6. The Kier molecular flexibility index (Phi) is 3.62. The lowest BCUT2D eigenvalue weighted by Gasteiger charge is -2.11. The van der Waals surface area contributed by atoms with Gasteiger partial charge in [-0.15, -0.1) is 0 Å². The molecular formula is C13H16FN3O. The quantitative estimate of drug-likeness (QED) is 0.646. The first-order valence-corrected chi connectivity index (χ1v) is 5.83. The Bertz CT molecular complexity index is 572. The number of hydrazine groups is 1. The van der Waals surface area contributed by atoms with Crippen molar-refractivity contribution in [1.82, 2.24) is 4.98 Å². The van der Waals surface area contributed by atoms with Crippen LogP contribution in [0.4, 0.5) is 10.1 Å². The lowest BCUT2D eigenvalue weighted by molar-refractivity contribution is 0.415. The summed E-state index contributed by atoms with van der Waals surface area (Å²) in [6.07, 6.45) is 1.82. The number of nitrogen functional groups attached to an aromatic ring is 1. The molecule has 0 aliphatic heterocycles. The Morgan fingerprint density at radius 1 is 1.39 bits per heavy atom. The van der Waals surface area contributed by atoms with Crippen molar-refractivity contribution in [2.75, 3.05) is 12.5 Å². The van der Waals surface area contributed by atoms with Gasteiger partial charge < -0.3 is 10.2 Å².